The minimum absolute atomic E-state index is 0.280. The number of hydrogen-bond donors (Lipinski definition) is 0. The number of ether oxygens (including phenoxy) is 1. The van der Waals surface area contributed by atoms with Gasteiger partial charge in [-0.25, -0.2) is 4.39 Å². The maximum absolute atomic E-state index is 14.5. The molecule has 138 valence electrons. The fraction of sp³-hybridized carbons (Fsp3) is 0.550. The Balaban J connectivity index is 2.49. The number of fused-ring (bicyclic) bond motifs is 1. The normalized spacial score (nSPS) is 12.0. The lowest BCUT2D eigenvalue weighted by Crippen LogP contribution is -2.22. The van der Waals surface area contributed by atoms with Gasteiger partial charge in [-0.2, -0.15) is 0 Å². The van der Waals surface area contributed by atoms with E-state index in [1.54, 1.807) is 0 Å². The Morgan fingerprint density at radius 3 is 2.56 bits per heavy atom. The highest BCUT2D eigenvalue weighted by molar-refractivity contribution is 6.76. The van der Waals surface area contributed by atoms with Gasteiger partial charge in [-0.1, -0.05) is 38.2 Å². The van der Waals surface area contributed by atoms with Crippen molar-refractivity contribution < 1.29 is 9.13 Å². The van der Waals surface area contributed by atoms with Gasteiger partial charge in [0, 0.05) is 25.9 Å². The van der Waals surface area contributed by atoms with Crippen LogP contribution in [0.15, 0.2) is 11.8 Å². The van der Waals surface area contributed by atoms with Crippen LogP contribution in [0.4, 0.5) is 4.39 Å². The van der Waals surface area contributed by atoms with Crippen LogP contribution in [0.25, 0.3) is 17.1 Å². The number of aryl methyl sites for hydroxylation is 1. The molecule has 0 aliphatic rings. The van der Waals surface area contributed by atoms with Crippen molar-refractivity contribution in [2.75, 3.05) is 6.61 Å². The summed E-state index contributed by atoms with van der Waals surface area (Å²) in [6.45, 7) is 16.4. The van der Waals surface area contributed by atoms with Crippen LogP contribution in [0, 0.1) is 12.7 Å². The van der Waals surface area contributed by atoms with E-state index in [0.717, 1.165) is 41.2 Å². The van der Waals surface area contributed by atoms with Gasteiger partial charge in [0.05, 0.1) is 17.2 Å². The lowest BCUT2D eigenvalue weighted by atomic mass is 10.1. The van der Waals surface area contributed by atoms with E-state index in [4.69, 9.17) is 4.74 Å². The van der Waals surface area contributed by atoms with Crippen LogP contribution in [0.1, 0.15) is 37.6 Å². The molecule has 0 atom stereocenters. The van der Waals surface area contributed by atoms with Crippen molar-refractivity contribution >= 4 is 25.2 Å². The van der Waals surface area contributed by atoms with E-state index in [1.165, 1.54) is 11.9 Å². The van der Waals surface area contributed by atoms with Crippen molar-refractivity contribution in [3.8, 4) is 0 Å². The predicted molar refractivity (Wildman–Crippen MR) is 107 cm³/mol. The summed E-state index contributed by atoms with van der Waals surface area (Å²) in [5.74, 6) is -0.280. The molecule has 0 saturated carbocycles. The first kappa shape index (κ1) is 19.9. The smallest absolute Gasteiger partial charge is 0.150 e. The van der Waals surface area contributed by atoms with Crippen LogP contribution in [0.3, 0.4) is 0 Å². The Morgan fingerprint density at radius 1 is 1.32 bits per heavy atom. The molecule has 0 radical (unpaired) electrons. The highest BCUT2D eigenvalue weighted by Gasteiger charge is 2.19. The zero-order valence-electron chi connectivity index (χ0n) is 16.7. The summed E-state index contributed by atoms with van der Waals surface area (Å²) >= 11 is 0. The van der Waals surface area contributed by atoms with E-state index in [1.807, 2.05) is 19.9 Å². The molecule has 2 rings (SSSR count). The zero-order valence-corrected chi connectivity index (χ0v) is 17.7. The molecule has 3 nitrogen and oxygen atoms in total. The molecular weight excluding hydrogens is 331 g/mol. The Morgan fingerprint density at radius 2 is 2.00 bits per heavy atom. The van der Waals surface area contributed by atoms with Crippen molar-refractivity contribution in [1.82, 2.24) is 9.55 Å². The molecule has 0 unspecified atom stereocenters. The highest BCUT2D eigenvalue weighted by atomic mass is 28.3. The summed E-state index contributed by atoms with van der Waals surface area (Å²) in [5, 5.41) is 0. The van der Waals surface area contributed by atoms with E-state index >= 15 is 0 Å². The third kappa shape index (κ3) is 4.58. The number of hydrogen-bond acceptors (Lipinski definition) is 2. The lowest BCUT2D eigenvalue weighted by Gasteiger charge is -2.17. The Kier molecular flexibility index (Phi) is 6.22. The van der Waals surface area contributed by atoms with Crippen LogP contribution in [0.2, 0.25) is 25.7 Å². The number of halogens is 1. The van der Waals surface area contributed by atoms with Gasteiger partial charge in [-0.15, -0.1) is 0 Å². The summed E-state index contributed by atoms with van der Waals surface area (Å²) in [6.07, 6.45) is 4.10. The Bertz CT molecular complexity index is 783. The maximum atomic E-state index is 14.5. The molecular formula is C20H31FN2OSi. The lowest BCUT2D eigenvalue weighted by molar-refractivity contribution is 0.0884. The molecule has 0 fully saturated rings. The van der Waals surface area contributed by atoms with Gasteiger partial charge in [0.2, 0.25) is 0 Å². The Hall–Kier alpha value is -1.46. The second-order valence-electron chi connectivity index (χ2n) is 8.14. The predicted octanol–water partition coefficient (Wildman–Crippen LogP) is 5.78. The molecule has 0 saturated heterocycles. The number of rotatable bonds is 7. The van der Waals surface area contributed by atoms with E-state index in [2.05, 4.69) is 43.0 Å². The van der Waals surface area contributed by atoms with Crippen LogP contribution in [-0.2, 0) is 17.9 Å². The third-order valence-electron chi connectivity index (χ3n) is 4.41. The molecule has 2 aromatic rings. The van der Waals surface area contributed by atoms with Crippen LogP contribution in [0.5, 0.6) is 0 Å². The van der Waals surface area contributed by atoms with Gasteiger partial charge < -0.3 is 9.30 Å². The number of aromatic nitrogens is 2. The minimum Gasteiger partial charge on any atom is -0.361 e. The monoisotopic (exact) mass is 362 g/mol. The molecule has 0 bridgehead atoms. The van der Waals surface area contributed by atoms with Crippen LogP contribution < -0.4 is 0 Å². The molecule has 0 amide bonds. The number of allylic oxidation sites excluding steroid dienone is 1. The fourth-order valence-electron chi connectivity index (χ4n) is 3.07. The molecule has 0 aliphatic carbocycles. The molecule has 2 heterocycles. The standard InChI is InChI=1S/C20H31FN2OSi/c1-8-18-15(4)19-20(16(11-14(2)3)17(21)12-22-19)23(18)13-24-9-10-25(5,6)7/h11-12H,8-10,13H2,1-7H3. The van der Waals surface area contributed by atoms with Gasteiger partial charge in [0.15, 0.2) is 5.82 Å². The topological polar surface area (TPSA) is 27.1 Å². The van der Waals surface area contributed by atoms with E-state index in [0.29, 0.717) is 12.3 Å². The van der Waals surface area contributed by atoms with Gasteiger partial charge in [-0.05, 0) is 38.8 Å². The SMILES string of the molecule is CCc1c(C)c2ncc(F)c(C=C(C)C)c2n1COCC[Si](C)(C)C. The van der Waals surface area contributed by atoms with Gasteiger partial charge in [0.25, 0.3) is 0 Å². The molecule has 5 heteroatoms. The van der Waals surface area contributed by atoms with Gasteiger partial charge in [-0.3, -0.25) is 4.98 Å². The molecule has 0 N–H and O–H groups in total. The first-order chi connectivity index (χ1) is 11.7. The molecule has 0 aromatic carbocycles. The third-order valence-corrected chi connectivity index (χ3v) is 6.12. The van der Waals surface area contributed by atoms with Crippen molar-refractivity contribution in [1.29, 1.82) is 0 Å². The highest BCUT2D eigenvalue weighted by Crippen LogP contribution is 2.30. The zero-order chi connectivity index (χ0) is 18.8. The minimum atomic E-state index is -1.12. The summed E-state index contributed by atoms with van der Waals surface area (Å²) in [4.78, 5) is 4.37. The van der Waals surface area contributed by atoms with E-state index in [9.17, 15) is 4.39 Å². The van der Waals surface area contributed by atoms with E-state index in [-0.39, 0.29) is 5.82 Å². The quantitative estimate of drug-likeness (QED) is 0.461. The van der Waals surface area contributed by atoms with Gasteiger partial charge >= 0.3 is 0 Å². The van der Waals surface area contributed by atoms with Crippen LogP contribution in [-0.4, -0.2) is 24.2 Å². The average Bonchev–Trinajstić information content (AvgIpc) is 2.77. The number of nitrogens with zero attached hydrogens (tertiary/aromatic N) is 2. The molecule has 25 heavy (non-hydrogen) atoms. The molecule has 0 spiro atoms. The van der Waals surface area contributed by atoms with Crippen molar-refractivity contribution in [2.45, 2.75) is 66.5 Å². The summed E-state index contributed by atoms with van der Waals surface area (Å²) in [7, 11) is -1.12. The Labute approximate surface area is 151 Å². The van der Waals surface area contributed by atoms with E-state index < -0.39 is 8.07 Å². The molecule has 2 aromatic heterocycles. The second kappa shape index (κ2) is 7.83. The summed E-state index contributed by atoms with van der Waals surface area (Å²) in [6, 6.07) is 1.13. The van der Waals surface area contributed by atoms with Crippen molar-refractivity contribution in [3.05, 3.63) is 34.4 Å². The average molecular weight is 363 g/mol. The number of pyridine rings is 1. The maximum Gasteiger partial charge on any atom is 0.150 e. The largest absolute Gasteiger partial charge is 0.361 e. The fourth-order valence-corrected chi connectivity index (χ4v) is 3.83. The summed E-state index contributed by atoms with van der Waals surface area (Å²) < 4.78 is 22.6. The van der Waals surface area contributed by atoms with Gasteiger partial charge in [0.1, 0.15) is 6.73 Å². The summed E-state index contributed by atoms with van der Waals surface area (Å²) in [5.41, 5.74) is 5.69. The van der Waals surface area contributed by atoms with Crippen molar-refractivity contribution in [3.63, 3.8) is 0 Å². The van der Waals surface area contributed by atoms with Crippen LogP contribution >= 0.6 is 0 Å². The first-order valence-electron chi connectivity index (χ1n) is 9.04. The second-order valence-corrected chi connectivity index (χ2v) is 13.8. The first-order valence-corrected chi connectivity index (χ1v) is 12.7. The van der Waals surface area contributed by atoms with Crippen molar-refractivity contribution in [2.24, 2.45) is 0 Å². The molecule has 0 aliphatic heterocycles.